The Morgan fingerprint density at radius 3 is 2.38 bits per heavy atom. The molecule has 4 heteroatoms. The number of hydrogen-bond acceptors (Lipinski definition) is 3. The van der Waals surface area contributed by atoms with Gasteiger partial charge < -0.3 is 9.84 Å². The summed E-state index contributed by atoms with van der Waals surface area (Å²) in [6.45, 7) is 6.64. The van der Waals surface area contributed by atoms with Gasteiger partial charge in [0.1, 0.15) is 0 Å². The number of carbonyl (C=O) groups is 2. The molecule has 0 amide bonds. The Kier molecular flexibility index (Phi) is 5.27. The molecule has 0 radical (unpaired) electrons. The number of aliphatic carboxylic acids is 1. The monoisotopic (exact) mass is 184 g/mol. The fourth-order valence-corrected chi connectivity index (χ4v) is 0.818. The maximum absolute atomic E-state index is 10.9. The van der Waals surface area contributed by atoms with E-state index in [9.17, 15) is 9.59 Å². The van der Waals surface area contributed by atoms with Gasteiger partial charge in [0.15, 0.2) is 0 Å². The van der Waals surface area contributed by atoms with Gasteiger partial charge in [-0.1, -0.05) is 12.7 Å². The van der Waals surface area contributed by atoms with Crippen LogP contribution in [-0.2, 0) is 14.3 Å². The van der Waals surface area contributed by atoms with Gasteiger partial charge in [-0.05, 0) is 5.92 Å². The van der Waals surface area contributed by atoms with Crippen molar-refractivity contribution in [3.05, 3.63) is 25.5 Å². The summed E-state index contributed by atoms with van der Waals surface area (Å²) in [6.07, 6.45) is 2.35. The van der Waals surface area contributed by atoms with E-state index in [-0.39, 0.29) is 18.8 Å². The van der Waals surface area contributed by atoms with Crippen LogP contribution in [0.25, 0.3) is 0 Å². The first-order valence-corrected chi connectivity index (χ1v) is 3.75. The Bertz CT molecular complexity index is 220. The highest BCUT2D eigenvalue weighted by Gasteiger charge is 2.14. The molecule has 0 aliphatic heterocycles. The molecule has 0 heterocycles. The Labute approximate surface area is 76.5 Å². The van der Waals surface area contributed by atoms with Crippen LogP contribution in [0.15, 0.2) is 25.5 Å². The van der Waals surface area contributed by atoms with Gasteiger partial charge in [0.25, 0.3) is 0 Å². The molecule has 0 bridgehead atoms. The zero-order chi connectivity index (χ0) is 10.3. The smallest absolute Gasteiger partial charge is 0.311 e. The lowest BCUT2D eigenvalue weighted by Gasteiger charge is -2.06. The highest BCUT2D eigenvalue weighted by atomic mass is 16.5. The number of carbonyl (C=O) groups excluding carboxylic acids is 1. The van der Waals surface area contributed by atoms with Gasteiger partial charge >= 0.3 is 11.9 Å². The van der Waals surface area contributed by atoms with E-state index in [0.29, 0.717) is 0 Å². The minimum absolute atomic E-state index is 0.0157. The summed E-state index contributed by atoms with van der Waals surface area (Å²) in [7, 11) is 0. The van der Waals surface area contributed by atoms with E-state index in [0.717, 1.165) is 6.26 Å². The summed E-state index contributed by atoms with van der Waals surface area (Å²) < 4.78 is 4.44. The minimum Gasteiger partial charge on any atom is -0.481 e. The third-order valence-electron chi connectivity index (χ3n) is 1.41. The van der Waals surface area contributed by atoms with Crippen LogP contribution in [0.3, 0.4) is 0 Å². The van der Waals surface area contributed by atoms with Crippen LogP contribution in [-0.4, -0.2) is 17.0 Å². The molecule has 1 atom stereocenters. The molecule has 0 aromatic rings. The van der Waals surface area contributed by atoms with E-state index in [1.165, 1.54) is 6.08 Å². The molecule has 0 fully saturated rings. The number of rotatable bonds is 6. The van der Waals surface area contributed by atoms with Crippen LogP contribution in [0.4, 0.5) is 0 Å². The van der Waals surface area contributed by atoms with E-state index in [1.54, 1.807) is 0 Å². The number of hydrogen-bond donors (Lipinski definition) is 1. The lowest BCUT2D eigenvalue weighted by molar-refractivity contribution is -0.140. The maximum Gasteiger partial charge on any atom is 0.311 e. The fraction of sp³-hybridized carbons (Fsp3) is 0.333. The summed E-state index contributed by atoms with van der Waals surface area (Å²) in [6, 6.07) is 0. The van der Waals surface area contributed by atoms with Gasteiger partial charge in [-0.2, -0.15) is 0 Å². The molecule has 72 valence electrons. The van der Waals surface area contributed by atoms with Gasteiger partial charge in [0.05, 0.1) is 19.1 Å². The fourth-order valence-electron chi connectivity index (χ4n) is 0.818. The SMILES string of the molecule is C=COC(=O)CC(C=C)CC(=O)O. The Morgan fingerprint density at radius 1 is 1.38 bits per heavy atom. The van der Waals surface area contributed by atoms with Crippen LogP contribution >= 0.6 is 0 Å². The molecule has 0 saturated carbocycles. The zero-order valence-corrected chi connectivity index (χ0v) is 7.23. The highest BCUT2D eigenvalue weighted by Crippen LogP contribution is 2.10. The first kappa shape index (κ1) is 11.4. The number of allylic oxidation sites excluding steroid dienone is 1. The lowest BCUT2D eigenvalue weighted by Crippen LogP contribution is -2.11. The van der Waals surface area contributed by atoms with Gasteiger partial charge in [-0.3, -0.25) is 9.59 Å². The molecular weight excluding hydrogens is 172 g/mol. The van der Waals surface area contributed by atoms with Gasteiger partial charge in [-0.25, -0.2) is 0 Å². The van der Waals surface area contributed by atoms with Crippen molar-refractivity contribution >= 4 is 11.9 Å². The summed E-state index contributed by atoms with van der Waals surface area (Å²) in [5, 5.41) is 8.44. The summed E-state index contributed by atoms with van der Waals surface area (Å²) in [5.41, 5.74) is 0. The first-order valence-electron chi connectivity index (χ1n) is 3.75. The van der Waals surface area contributed by atoms with Gasteiger partial charge in [0, 0.05) is 0 Å². The van der Waals surface area contributed by atoms with Crippen molar-refractivity contribution in [3.8, 4) is 0 Å². The molecular formula is C9H12O4. The quantitative estimate of drug-likeness (QED) is 0.384. The van der Waals surface area contributed by atoms with E-state index >= 15 is 0 Å². The number of carboxylic acids is 1. The van der Waals surface area contributed by atoms with Crippen molar-refractivity contribution in [2.24, 2.45) is 5.92 Å². The minimum atomic E-state index is -0.962. The highest BCUT2D eigenvalue weighted by molar-refractivity contribution is 5.73. The summed E-state index contributed by atoms with van der Waals surface area (Å²) in [4.78, 5) is 21.1. The Hall–Kier alpha value is -1.58. The van der Waals surface area contributed by atoms with E-state index in [1.807, 2.05) is 0 Å². The molecule has 0 aromatic heterocycles. The van der Waals surface area contributed by atoms with Gasteiger partial charge in [-0.15, -0.1) is 6.58 Å². The third kappa shape index (κ3) is 5.66. The lowest BCUT2D eigenvalue weighted by atomic mass is 10.0. The van der Waals surface area contributed by atoms with Gasteiger partial charge in [0.2, 0.25) is 0 Å². The van der Waals surface area contributed by atoms with Crippen LogP contribution < -0.4 is 0 Å². The van der Waals surface area contributed by atoms with Crippen molar-refractivity contribution in [3.63, 3.8) is 0 Å². The molecule has 0 saturated heterocycles. The molecule has 1 N–H and O–H groups in total. The molecule has 0 rings (SSSR count). The second-order valence-electron chi connectivity index (χ2n) is 2.45. The Balaban J connectivity index is 3.96. The molecule has 13 heavy (non-hydrogen) atoms. The van der Waals surface area contributed by atoms with E-state index in [4.69, 9.17) is 5.11 Å². The van der Waals surface area contributed by atoms with Crippen LogP contribution in [0.2, 0.25) is 0 Å². The van der Waals surface area contributed by atoms with Crippen molar-refractivity contribution < 1.29 is 19.4 Å². The predicted molar refractivity (Wildman–Crippen MR) is 46.8 cm³/mol. The van der Waals surface area contributed by atoms with Crippen LogP contribution in [0, 0.1) is 5.92 Å². The second kappa shape index (κ2) is 5.99. The van der Waals surface area contributed by atoms with Crippen molar-refractivity contribution in [1.82, 2.24) is 0 Å². The van der Waals surface area contributed by atoms with Crippen LogP contribution in [0.5, 0.6) is 0 Å². The average molecular weight is 184 g/mol. The largest absolute Gasteiger partial charge is 0.481 e. The summed E-state index contributed by atoms with van der Waals surface area (Å²) in [5.74, 6) is -1.84. The predicted octanol–water partition coefficient (Wildman–Crippen LogP) is 1.34. The van der Waals surface area contributed by atoms with Crippen molar-refractivity contribution in [1.29, 1.82) is 0 Å². The first-order chi connectivity index (χ1) is 6.10. The number of esters is 1. The van der Waals surface area contributed by atoms with Crippen molar-refractivity contribution in [2.75, 3.05) is 0 Å². The second-order valence-corrected chi connectivity index (χ2v) is 2.45. The van der Waals surface area contributed by atoms with Crippen LogP contribution in [0.1, 0.15) is 12.8 Å². The number of ether oxygens (including phenoxy) is 1. The molecule has 0 spiro atoms. The molecule has 0 aliphatic carbocycles. The maximum atomic E-state index is 10.9. The van der Waals surface area contributed by atoms with Crippen molar-refractivity contribution in [2.45, 2.75) is 12.8 Å². The zero-order valence-electron chi connectivity index (χ0n) is 7.23. The molecule has 1 unspecified atom stereocenters. The summed E-state index contributed by atoms with van der Waals surface area (Å²) >= 11 is 0. The third-order valence-corrected chi connectivity index (χ3v) is 1.41. The normalized spacial score (nSPS) is 11.4. The average Bonchev–Trinajstić information content (AvgIpc) is 2.02. The Morgan fingerprint density at radius 2 is 2.00 bits per heavy atom. The molecule has 0 aromatic carbocycles. The van der Waals surface area contributed by atoms with E-state index < -0.39 is 11.9 Å². The molecule has 4 nitrogen and oxygen atoms in total. The number of carboxylic acid groups (broad SMARTS) is 1. The van der Waals surface area contributed by atoms with E-state index in [2.05, 4.69) is 17.9 Å². The topological polar surface area (TPSA) is 63.6 Å². The standard InChI is InChI=1S/C9H12O4/c1-3-7(5-8(10)11)6-9(12)13-4-2/h3-4,7H,1-2,5-6H2,(H,10,11). The molecule has 0 aliphatic rings.